The normalized spacial score (nSPS) is 13.6. The molecule has 0 saturated carbocycles. The fourth-order valence-corrected chi connectivity index (χ4v) is 3.62. The smallest absolute Gasteiger partial charge is 0.240 e. The minimum atomic E-state index is -3.52. The lowest BCUT2D eigenvalue weighted by Crippen LogP contribution is -2.32. The summed E-state index contributed by atoms with van der Waals surface area (Å²) in [5.41, 5.74) is 6.19. The first-order valence-corrected chi connectivity index (χ1v) is 9.13. The maximum Gasteiger partial charge on any atom is 0.240 e. The maximum absolute atomic E-state index is 12.3. The molecule has 1 aromatic carbocycles. The van der Waals surface area contributed by atoms with E-state index in [-0.39, 0.29) is 17.5 Å². The molecule has 3 N–H and O–H groups in total. The summed E-state index contributed by atoms with van der Waals surface area (Å²) in [5, 5.41) is 0.487. The van der Waals surface area contributed by atoms with E-state index < -0.39 is 10.0 Å². The molecule has 0 heterocycles. The van der Waals surface area contributed by atoms with Gasteiger partial charge in [-0.3, -0.25) is 0 Å². The quantitative estimate of drug-likeness (QED) is 0.767. The average molecular weight is 333 g/mol. The van der Waals surface area contributed by atoms with Gasteiger partial charge in [-0.2, -0.15) is 0 Å². The van der Waals surface area contributed by atoms with Crippen LogP contribution >= 0.6 is 11.6 Å². The zero-order valence-corrected chi connectivity index (χ0v) is 14.5. The number of rotatable bonds is 8. The van der Waals surface area contributed by atoms with Crippen molar-refractivity contribution in [1.29, 1.82) is 0 Å². The molecule has 0 spiro atoms. The lowest BCUT2D eigenvalue weighted by Gasteiger charge is -2.15. The van der Waals surface area contributed by atoms with Crippen molar-refractivity contribution >= 4 is 21.6 Å². The fourth-order valence-electron chi connectivity index (χ4n) is 2.10. The lowest BCUT2D eigenvalue weighted by atomic mass is 10.0. The van der Waals surface area contributed by atoms with Crippen LogP contribution in [0.25, 0.3) is 0 Å². The van der Waals surface area contributed by atoms with E-state index in [2.05, 4.69) is 18.6 Å². The third-order valence-corrected chi connectivity index (χ3v) is 5.28. The molecular formula is C15H25ClN2O2S. The Morgan fingerprint density at radius 3 is 2.48 bits per heavy atom. The third kappa shape index (κ3) is 5.94. The molecule has 0 radical (unpaired) electrons. The molecule has 21 heavy (non-hydrogen) atoms. The van der Waals surface area contributed by atoms with Crippen molar-refractivity contribution in [3.63, 3.8) is 0 Å². The Kier molecular flexibility index (Phi) is 7.13. The van der Waals surface area contributed by atoms with Gasteiger partial charge in [0, 0.05) is 17.6 Å². The van der Waals surface area contributed by atoms with Crippen molar-refractivity contribution in [3.05, 3.63) is 28.8 Å². The molecular weight excluding hydrogens is 308 g/mol. The SMILES string of the molecule is CC(C)CCCC(C)NS(=O)(=O)c1ccc(Cl)c(CN)c1. The summed E-state index contributed by atoms with van der Waals surface area (Å²) in [6.07, 6.45) is 2.94. The van der Waals surface area contributed by atoms with E-state index >= 15 is 0 Å². The van der Waals surface area contributed by atoms with Crippen LogP contribution in [0.4, 0.5) is 0 Å². The fraction of sp³-hybridized carbons (Fsp3) is 0.600. The van der Waals surface area contributed by atoms with E-state index in [1.54, 1.807) is 6.07 Å². The van der Waals surface area contributed by atoms with Gasteiger partial charge in [0.1, 0.15) is 0 Å². The van der Waals surface area contributed by atoms with Gasteiger partial charge in [0.15, 0.2) is 0 Å². The number of nitrogens with one attached hydrogen (secondary N) is 1. The Bertz CT molecular complexity index is 559. The second kappa shape index (κ2) is 8.13. The third-order valence-electron chi connectivity index (χ3n) is 3.32. The van der Waals surface area contributed by atoms with Crippen LogP contribution in [-0.4, -0.2) is 14.5 Å². The van der Waals surface area contributed by atoms with Crippen molar-refractivity contribution in [3.8, 4) is 0 Å². The molecule has 1 aromatic rings. The number of benzene rings is 1. The van der Waals surface area contributed by atoms with Gasteiger partial charge in [-0.05, 0) is 43.0 Å². The molecule has 0 aliphatic heterocycles. The monoisotopic (exact) mass is 332 g/mol. The minimum Gasteiger partial charge on any atom is -0.326 e. The van der Waals surface area contributed by atoms with Gasteiger partial charge in [-0.15, -0.1) is 0 Å². The van der Waals surface area contributed by atoms with Gasteiger partial charge in [0.25, 0.3) is 0 Å². The second-order valence-electron chi connectivity index (χ2n) is 5.80. The summed E-state index contributed by atoms with van der Waals surface area (Å²) in [6.45, 7) is 6.43. The first-order chi connectivity index (χ1) is 9.76. The van der Waals surface area contributed by atoms with Crippen molar-refractivity contribution in [2.24, 2.45) is 11.7 Å². The Labute approximate surface area is 133 Å². The average Bonchev–Trinajstić information content (AvgIpc) is 2.37. The number of sulfonamides is 1. The molecule has 0 aliphatic carbocycles. The lowest BCUT2D eigenvalue weighted by molar-refractivity contribution is 0.488. The largest absolute Gasteiger partial charge is 0.326 e. The van der Waals surface area contributed by atoms with Gasteiger partial charge in [0.2, 0.25) is 10.0 Å². The summed E-state index contributed by atoms with van der Waals surface area (Å²) >= 11 is 5.96. The van der Waals surface area contributed by atoms with Gasteiger partial charge < -0.3 is 5.73 Å². The summed E-state index contributed by atoms with van der Waals surface area (Å²) in [5.74, 6) is 0.636. The van der Waals surface area contributed by atoms with Crippen LogP contribution in [0.5, 0.6) is 0 Å². The van der Waals surface area contributed by atoms with Crippen molar-refractivity contribution in [2.75, 3.05) is 0 Å². The van der Waals surface area contributed by atoms with Gasteiger partial charge in [-0.1, -0.05) is 38.3 Å². The summed E-state index contributed by atoms with van der Waals surface area (Å²) in [4.78, 5) is 0.211. The molecule has 1 atom stereocenters. The molecule has 4 nitrogen and oxygen atoms in total. The molecule has 0 fully saturated rings. The van der Waals surface area contributed by atoms with Gasteiger partial charge >= 0.3 is 0 Å². The van der Waals surface area contributed by atoms with Crippen molar-refractivity contribution < 1.29 is 8.42 Å². The highest BCUT2D eigenvalue weighted by Gasteiger charge is 2.18. The molecule has 1 unspecified atom stereocenters. The van der Waals surface area contributed by atoms with E-state index in [1.165, 1.54) is 12.1 Å². The summed E-state index contributed by atoms with van der Waals surface area (Å²) in [6, 6.07) is 4.52. The number of halogens is 1. The molecule has 0 aliphatic rings. The maximum atomic E-state index is 12.3. The van der Waals surface area contributed by atoms with Crippen molar-refractivity contribution in [1.82, 2.24) is 4.72 Å². The summed E-state index contributed by atoms with van der Waals surface area (Å²) in [7, 11) is -3.52. The number of hydrogen-bond donors (Lipinski definition) is 2. The number of nitrogens with two attached hydrogens (primary N) is 1. The van der Waals surface area contributed by atoms with E-state index in [0.717, 1.165) is 19.3 Å². The molecule has 0 bridgehead atoms. The van der Waals surface area contributed by atoms with Gasteiger partial charge in [0.05, 0.1) is 4.90 Å². The summed E-state index contributed by atoms with van der Waals surface area (Å²) < 4.78 is 27.4. The van der Waals surface area contributed by atoms with E-state index in [9.17, 15) is 8.42 Å². The topological polar surface area (TPSA) is 72.2 Å². The molecule has 6 heteroatoms. The van der Waals surface area contributed by atoms with E-state index in [4.69, 9.17) is 17.3 Å². The highest BCUT2D eigenvalue weighted by molar-refractivity contribution is 7.89. The van der Waals surface area contributed by atoms with Crippen LogP contribution in [0.2, 0.25) is 5.02 Å². The zero-order valence-electron chi connectivity index (χ0n) is 12.9. The molecule has 0 saturated heterocycles. The highest BCUT2D eigenvalue weighted by Crippen LogP contribution is 2.20. The van der Waals surface area contributed by atoms with Gasteiger partial charge in [-0.25, -0.2) is 13.1 Å². The molecule has 0 aromatic heterocycles. The van der Waals surface area contributed by atoms with Crippen LogP contribution in [0.3, 0.4) is 0 Å². The predicted molar refractivity (Wildman–Crippen MR) is 87.8 cm³/mol. The molecule has 120 valence electrons. The molecule has 1 rings (SSSR count). The minimum absolute atomic E-state index is 0.0919. The van der Waals surface area contributed by atoms with Crippen LogP contribution < -0.4 is 10.5 Å². The van der Waals surface area contributed by atoms with Crippen LogP contribution in [0.15, 0.2) is 23.1 Å². The Morgan fingerprint density at radius 1 is 1.24 bits per heavy atom. The van der Waals surface area contributed by atoms with Crippen LogP contribution in [-0.2, 0) is 16.6 Å². The van der Waals surface area contributed by atoms with E-state index in [1.807, 2.05) is 6.92 Å². The van der Waals surface area contributed by atoms with Crippen LogP contribution in [0.1, 0.15) is 45.6 Å². The number of hydrogen-bond acceptors (Lipinski definition) is 3. The van der Waals surface area contributed by atoms with Crippen LogP contribution in [0, 0.1) is 5.92 Å². The first-order valence-electron chi connectivity index (χ1n) is 7.27. The Morgan fingerprint density at radius 2 is 1.90 bits per heavy atom. The zero-order chi connectivity index (χ0) is 16.0. The molecule has 0 amide bonds. The second-order valence-corrected chi connectivity index (χ2v) is 7.93. The highest BCUT2D eigenvalue weighted by atomic mass is 35.5. The van der Waals surface area contributed by atoms with Crippen molar-refractivity contribution in [2.45, 2.75) is 57.5 Å². The van der Waals surface area contributed by atoms with E-state index in [0.29, 0.717) is 16.5 Å². The Hall–Kier alpha value is -0.620. The standard InChI is InChI=1S/C15H25ClN2O2S/c1-11(2)5-4-6-12(3)18-21(19,20)14-7-8-15(16)13(9-14)10-17/h7-9,11-12,18H,4-6,10,17H2,1-3H3. The predicted octanol–water partition coefficient (Wildman–Crippen LogP) is 3.29. The Balaban J connectivity index is 2.72. The first kappa shape index (κ1) is 18.4.